The molecule has 0 saturated carbocycles. The summed E-state index contributed by atoms with van der Waals surface area (Å²) in [5.74, 6) is 0.136. The Hall–Kier alpha value is -3.90. The van der Waals surface area contributed by atoms with E-state index in [9.17, 15) is 9.59 Å². The third-order valence-corrected chi connectivity index (χ3v) is 9.08. The van der Waals surface area contributed by atoms with E-state index in [1.165, 1.54) is 5.56 Å². The van der Waals surface area contributed by atoms with Gasteiger partial charge >= 0.3 is 0 Å². The number of piperidine rings is 1. The zero-order chi connectivity index (χ0) is 29.1. The summed E-state index contributed by atoms with van der Waals surface area (Å²) < 4.78 is 2.06. The monoisotopic (exact) mass is 562 g/mol. The van der Waals surface area contributed by atoms with E-state index in [0.29, 0.717) is 32.2 Å². The molecular weight excluding hydrogens is 520 g/mol. The first-order chi connectivity index (χ1) is 20.5. The van der Waals surface area contributed by atoms with E-state index in [-0.39, 0.29) is 23.8 Å². The number of benzene rings is 3. The number of aromatic nitrogens is 1. The average Bonchev–Trinajstić information content (AvgIpc) is 3.41. The fourth-order valence-electron chi connectivity index (χ4n) is 6.86. The molecule has 2 amide bonds. The highest BCUT2D eigenvalue weighted by molar-refractivity contribution is 5.95. The van der Waals surface area contributed by atoms with Crippen LogP contribution in [-0.4, -0.2) is 51.4 Å². The number of carbonyl (C=O) groups is 2. The summed E-state index contributed by atoms with van der Waals surface area (Å²) in [4.78, 5) is 34.6. The van der Waals surface area contributed by atoms with E-state index in [1.54, 1.807) is 0 Å². The molecule has 2 unspecified atom stereocenters. The summed E-state index contributed by atoms with van der Waals surface area (Å²) in [5.41, 5.74) is 4.33. The first-order valence-corrected chi connectivity index (χ1v) is 15.5. The quantitative estimate of drug-likeness (QED) is 0.280. The zero-order valence-corrected chi connectivity index (χ0v) is 24.9. The van der Waals surface area contributed by atoms with Crippen LogP contribution in [0.15, 0.2) is 91.1 Å². The molecule has 1 aromatic heterocycles. The molecule has 2 bridgehead atoms. The lowest BCUT2D eigenvalue weighted by Gasteiger charge is -2.44. The topological polar surface area (TPSA) is 48.8 Å². The molecule has 0 radical (unpaired) electrons. The Morgan fingerprint density at radius 1 is 0.833 bits per heavy atom. The van der Waals surface area contributed by atoms with Gasteiger partial charge in [0.25, 0.3) is 0 Å². The number of hydrogen-bond donors (Lipinski definition) is 0. The molecule has 6 nitrogen and oxygen atoms in total. The molecule has 3 aromatic carbocycles. The molecule has 4 aromatic rings. The van der Waals surface area contributed by atoms with E-state index in [4.69, 9.17) is 0 Å². The Balaban J connectivity index is 1.38. The molecule has 1 saturated heterocycles. The molecule has 6 heteroatoms. The summed E-state index contributed by atoms with van der Waals surface area (Å²) in [6.07, 6.45) is 6.24. The van der Waals surface area contributed by atoms with Crippen molar-refractivity contribution in [3.8, 4) is 0 Å². The maximum atomic E-state index is 14.2. The molecule has 2 aliphatic heterocycles. The number of anilines is 1. The van der Waals surface area contributed by atoms with Crippen molar-refractivity contribution in [1.82, 2.24) is 14.4 Å². The van der Waals surface area contributed by atoms with E-state index in [0.717, 1.165) is 54.4 Å². The Bertz CT molecular complexity index is 1530. The van der Waals surface area contributed by atoms with Gasteiger partial charge in [0.15, 0.2) is 0 Å². The molecule has 0 aliphatic carbocycles. The van der Waals surface area contributed by atoms with Crippen molar-refractivity contribution in [3.63, 3.8) is 0 Å². The van der Waals surface area contributed by atoms with Gasteiger partial charge in [0.2, 0.25) is 11.8 Å². The standard InChI is InChI=1S/C36H42N4O2/c1-27(2)36(42)39-22-20-31-15-10-16-32(40(31)23-28-11-4-3-5-12-28)25-38(24-30-14-7-9-18-34(30)39)35(41)26-37-21-19-29-13-6-8-17-33(29)37/h3-9,11-14,17-19,21,27,31-32H,10,15-16,20,22-26H2,1-2H3. The molecule has 0 N–H and O–H groups in total. The zero-order valence-electron chi connectivity index (χ0n) is 24.9. The van der Waals surface area contributed by atoms with Gasteiger partial charge in [-0.05, 0) is 54.0 Å². The fourth-order valence-corrected chi connectivity index (χ4v) is 6.86. The minimum atomic E-state index is -0.109. The molecule has 42 heavy (non-hydrogen) atoms. The predicted molar refractivity (Wildman–Crippen MR) is 169 cm³/mol. The van der Waals surface area contributed by atoms with Crippen LogP contribution in [0, 0.1) is 5.92 Å². The molecular formula is C36H42N4O2. The van der Waals surface area contributed by atoms with Crippen LogP contribution in [0.2, 0.25) is 0 Å². The largest absolute Gasteiger partial charge is 0.338 e. The van der Waals surface area contributed by atoms with E-state index >= 15 is 0 Å². The van der Waals surface area contributed by atoms with Gasteiger partial charge in [0.1, 0.15) is 6.54 Å². The third kappa shape index (κ3) is 6.00. The molecule has 6 rings (SSSR count). The third-order valence-electron chi connectivity index (χ3n) is 9.08. The second kappa shape index (κ2) is 12.5. The van der Waals surface area contributed by atoms with E-state index in [1.807, 2.05) is 49.2 Å². The molecule has 2 aliphatic rings. The van der Waals surface area contributed by atoms with Gasteiger partial charge in [-0.3, -0.25) is 14.5 Å². The molecule has 3 heterocycles. The van der Waals surface area contributed by atoms with Crippen LogP contribution in [0.4, 0.5) is 5.69 Å². The van der Waals surface area contributed by atoms with Crippen LogP contribution in [0.5, 0.6) is 0 Å². The fraction of sp³-hybridized carbons (Fsp3) is 0.389. The van der Waals surface area contributed by atoms with Crippen molar-refractivity contribution >= 4 is 28.4 Å². The lowest BCUT2D eigenvalue weighted by Crippen LogP contribution is -2.52. The van der Waals surface area contributed by atoms with Crippen molar-refractivity contribution in [3.05, 3.63) is 102 Å². The van der Waals surface area contributed by atoms with E-state index in [2.05, 4.69) is 75.0 Å². The number of para-hydroxylation sites is 2. The predicted octanol–water partition coefficient (Wildman–Crippen LogP) is 6.49. The van der Waals surface area contributed by atoms with Gasteiger partial charge < -0.3 is 14.4 Å². The molecule has 0 spiro atoms. The summed E-state index contributed by atoms with van der Waals surface area (Å²) >= 11 is 0. The Labute approximate surface area is 249 Å². The highest BCUT2D eigenvalue weighted by atomic mass is 16.2. The molecule has 2 atom stereocenters. The van der Waals surface area contributed by atoms with Crippen molar-refractivity contribution in [2.24, 2.45) is 5.92 Å². The van der Waals surface area contributed by atoms with Crippen molar-refractivity contribution in [2.75, 3.05) is 18.0 Å². The minimum Gasteiger partial charge on any atom is -0.338 e. The summed E-state index contributed by atoms with van der Waals surface area (Å²) in [6.45, 7) is 6.94. The SMILES string of the molecule is CC(C)C(=O)N1CCC2CCCC(CN(C(=O)Cn3ccc4ccccc43)Cc3ccccc31)N2Cc1ccccc1. The average molecular weight is 563 g/mol. The number of carbonyl (C=O) groups excluding carboxylic acids is 2. The smallest absolute Gasteiger partial charge is 0.242 e. The van der Waals surface area contributed by atoms with Crippen LogP contribution < -0.4 is 4.90 Å². The summed E-state index contributed by atoms with van der Waals surface area (Å²) in [5, 5.41) is 1.14. The maximum Gasteiger partial charge on any atom is 0.242 e. The Morgan fingerprint density at radius 2 is 1.57 bits per heavy atom. The van der Waals surface area contributed by atoms with Crippen LogP contribution >= 0.6 is 0 Å². The van der Waals surface area contributed by atoms with Crippen molar-refractivity contribution in [1.29, 1.82) is 0 Å². The van der Waals surface area contributed by atoms with Crippen molar-refractivity contribution in [2.45, 2.75) is 71.2 Å². The van der Waals surface area contributed by atoms with E-state index < -0.39 is 0 Å². The number of nitrogens with zero attached hydrogens (tertiary/aromatic N) is 4. The van der Waals surface area contributed by atoms with Crippen LogP contribution in [0.1, 0.15) is 50.7 Å². The van der Waals surface area contributed by atoms with Gasteiger partial charge in [-0.1, -0.05) is 87.0 Å². The number of fused-ring (bicyclic) bond motifs is 4. The number of rotatable bonds is 5. The van der Waals surface area contributed by atoms with Gasteiger partial charge in [-0.15, -0.1) is 0 Å². The highest BCUT2D eigenvalue weighted by Crippen LogP contribution is 2.32. The lowest BCUT2D eigenvalue weighted by molar-refractivity contribution is -0.133. The Morgan fingerprint density at radius 3 is 2.40 bits per heavy atom. The normalized spacial score (nSPS) is 19.9. The number of amides is 2. The second-order valence-electron chi connectivity index (χ2n) is 12.2. The highest BCUT2D eigenvalue weighted by Gasteiger charge is 2.35. The first kappa shape index (κ1) is 28.2. The van der Waals surface area contributed by atoms with Gasteiger partial charge in [-0.25, -0.2) is 0 Å². The summed E-state index contributed by atoms with van der Waals surface area (Å²) in [6, 6.07) is 29.8. The van der Waals surface area contributed by atoms with Crippen LogP contribution in [0.3, 0.4) is 0 Å². The molecule has 218 valence electrons. The summed E-state index contributed by atoms with van der Waals surface area (Å²) in [7, 11) is 0. The molecule has 1 fully saturated rings. The van der Waals surface area contributed by atoms with Crippen LogP contribution in [0.25, 0.3) is 10.9 Å². The Kier molecular flexibility index (Phi) is 8.43. The lowest BCUT2D eigenvalue weighted by atomic mass is 9.92. The van der Waals surface area contributed by atoms with Crippen molar-refractivity contribution < 1.29 is 9.59 Å². The van der Waals surface area contributed by atoms with Gasteiger partial charge in [-0.2, -0.15) is 0 Å². The van der Waals surface area contributed by atoms with Gasteiger partial charge in [0.05, 0.1) is 0 Å². The van der Waals surface area contributed by atoms with Crippen LogP contribution in [-0.2, 0) is 29.2 Å². The first-order valence-electron chi connectivity index (χ1n) is 15.5. The number of hydrogen-bond acceptors (Lipinski definition) is 3. The maximum absolute atomic E-state index is 14.2. The minimum absolute atomic E-state index is 0.105. The second-order valence-corrected chi connectivity index (χ2v) is 12.2. The van der Waals surface area contributed by atoms with Gasteiger partial charge in [0, 0.05) is 61.6 Å².